The molecule has 0 amide bonds. The van der Waals surface area contributed by atoms with E-state index in [-0.39, 0.29) is 5.82 Å². The zero-order chi connectivity index (χ0) is 16.2. The van der Waals surface area contributed by atoms with Gasteiger partial charge in [-0.1, -0.05) is 35.4 Å². The van der Waals surface area contributed by atoms with Crippen LogP contribution < -0.4 is 0 Å². The fourth-order valence-electron chi connectivity index (χ4n) is 2.18. The fraction of sp³-hybridized carbons (Fsp3) is 0.111. The van der Waals surface area contributed by atoms with Crippen molar-refractivity contribution in [2.75, 3.05) is 5.75 Å². The van der Waals surface area contributed by atoms with Crippen molar-refractivity contribution in [1.82, 2.24) is 14.8 Å². The van der Waals surface area contributed by atoms with Crippen molar-refractivity contribution in [2.45, 2.75) is 12.1 Å². The second kappa shape index (κ2) is 6.67. The van der Waals surface area contributed by atoms with Crippen molar-refractivity contribution in [3.63, 3.8) is 0 Å². The number of benzene rings is 2. The first-order valence-corrected chi connectivity index (χ1v) is 8.02. The highest BCUT2D eigenvalue weighted by Gasteiger charge is 2.15. The Morgan fingerprint density at radius 3 is 2.43 bits per heavy atom. The van der Waals surface area contributed by atoms with Crippen LogP contribution in [0.25, 0.3) is 17.1 Å². The highest BCUT2D eigenvalue weighted by Crippen LogP contribution is 2.28. The lowest BCUT2D eigenvalue weighted by Crippen LogP contribution is -2.00. The summed E-state index contributed by atoms with van der Waals surface area (Å²) in [4.78, 5) is 0. The molecule has 0 N–H and O–H groups in total. The summed E-state index contributed by atoms with van der Waals surface area (Å²) < 4.78 is 15.1. The van der Waals surface area contributed by atoms with Crippen molar-refractivity contribution in [1.29, 1.82) is 0 Å². The largest absolute Gasteiger partial charge is 0.270 e. The van der Waals surface area contributed by atoms with Crippen LogP contribution in [0.2, 0.25) is 0 Å². The van der Waals surface area contributed by atoms with Crippen LogP contribution in [-0.4, -0.2) is 20.5 Å². The number of terminal acetylenes is 1. The molecule has 0 aliphatic heterocycles. The maximum atomic E-state index is 13.2. The van der Waals surface area contributed by atoms with Crippen LogP contribution >= 0.6 is 11.8 Å². The Labute approximate surface area is 138 Å². The molecule has 0 spiro atoms. The minimum absolute atomic E-state index is 0.280. The molecule has 3 nitrogen and oxygen atoms in total. The summed E-state index contributed by atoms with van der Waals surface area (Å²) >= 11 is 1.44. The SMILES string of the molecule is C#CCSc1nnc(-c2ccc(F)cc2)n1-c1ccc(C)cc1. The van der Waals surface area contributed by atoms with Crippen molar-refractivity contribution >= 4 is 11.8 Å². The Kier molecular flexibility index (Phi) is 4.45. The average Bonchev–Trinajstić information content (AvgIpc) is 2.98. The van der Waals surface area contributed by atoms with Gasteiger partial charge < -0.3 is 0 Å². The number of aromatic nitrogens is 3. The molecule has 0 aliphatic carbocycles. The Hall–Kier alpha value is -2.58. The Morgan fingerprint density at radius 2 is 1.78 bits per heavy atom. The van der Waals surface area contributed by atoms with Gasteiger partial charge in [-0.2, -0.15) is 0 Å². The van der Waals surface area contributed by atoms with E-state index in [0.29, 0.717) is 16.7 Å². The van der Waals surface area contributed by atoms with Gasteiger partial charge in [-0.15, -0.1) is 16.6 Å². The first-order chi connectivity index (χ1) is 11.2. The Balaban J connectivity index is 2.12. The third kappa shape index (κ3) is 3.27. The summed E-state index contributed by atoms with van der Waals surface area (Å²) in [6.07, 6.45) is 5.35. The molecule has 0 unspecified atom stereocenters. The van der Waals surface area contributed by atoms with E-state index in [1.807, 2.05) is 35.8 Å². The second-order valence-corrected chi connectivity index (χ2v) is 5.92. The predicted octanol–water partition coefficient (Wildman–Crippen LogP) is 4.11. The molecule has 0 bridgehead atoms. The van der Waals surface area contributed by atoms with Crippen LogP contribution in [0.4, 0.5) is 4.39 Å². The number of rotatable bonds is 4. The van der Waals surface area contributed by atoms with Gasteiger partial charge in [0.05, 0.1) is 5.75 Å². The summed E-state index contributed by atoms with van der Waals surface area (Å²) in [5, 5.41) is 9.22. The first-order valence-electron chi connectivity index (χ1n) is 7.03. The second-order valence-electron chi connectivity index (χ2n) is 4.98. The van der Waals surface area contributed by atoms with Gasteiger partial charge in [0.15, 0.2) is 11.0 Å². The van der Waals surface area contributed by atoms with Crippen LogP contribution in [0.15, 0.2) is 53.7 Å². The molecular formula is C18H14FN3S. The number of hydrogen-bond acceptors (Lipinski definition) is 3. The van der Waals surface area contributed by atoms with Crippen LogP contribution in [0, 0.1) is 25.1 Å². The lowest BCUT2D eigenvalue weighted by Gasteiger charge is -2.10. The van der Waals surface area contributed by atoms with Gasteiger partial charge in [-0.25, -0.2) is 4.39 Å². The van der Waals surface area contributed by atoms with Gasteiger partial charge in [0, 0.05) is 11.3 Å². The van der Waals surface area contributed by atoms with Gasteiger partial charge in [0.2, 0.25) is 0 Å². The van der Waals surface area contributed by atoms with E-state index in [1.54, 1.807) is 12.1 Å². The quantitative estimate of drug-likeness (QED) is 0.535. The highest BCUT2D eigenvalue weighted by atomic mass is 32.2. The lowest BCUT2D eigenvalue weighted by molar-refractivity contribution is 0.628. The molecule has 2 aromatic carbocycles. The van der Waals surface area contributed by atoms with Gasteiger partial charge in [0.1, 0.15) is 5.82 Å². The molecule has 0 atom stereocenters. The normalized spacial score (nSPS) is 10.5. The van der Waals surface area contributed by atoms with Gasteiger partial charge in [0.25, 0.3) is 0 Å². The summed E-state index contributed by atoms with van der Waals surface area (Å²) in [5.74, 6) is 3.48. The topological polar surface area (TPSA) is 30.7 Å². The maximum absolute atomic E-state index is 13.2. The summed E-state index contributed by atoms with van der Waals surface area (Å²) in [7, 11) is 0. The molecule has 0 fully saturated rings. The molecular weight excluding hydrogens is 309 g/mol. The van der Waals surface area contributed by atoms with Crippen LogP contribution in [0.3, 0.4) is 0 Å². The summed E-state index contributed by atoms with van der Waals surface area (Å²) in [5.41, 5.74) is 2.91. The van der Waals surface area contributed by atoms with Crippen molar-refractivity contribution < 1.29 is 4.39 Å². The molecule has 5 heteroatoms. The van der Waals surface area contributed by atoms with Gasteiger partial charge in [-0.3, -0.25) is 4.57 Å². The summed E-state index contributed by atoms with van der Waals surface area (Å²) in [6.45, 7) is 2.03. The van der Waals surface area contributed by atoms with Crippen molar-refractivity contribution in [3.8, 4) is 29.4 Å². The molecule has 0 saturated carbocycles. The Morgan fingerprint density at radius 1 is 1.09 bits per heavy atom. The fourth-order valence-corrected chi connectivity index (χ4v) is 2.81. The standard InChI is InChI=1S/C18H14FN3S/c1-3-12-23-18-21-20-17(14-6-8-15(19)9-7-14)22(18)16-10-4-13(2)5-11-16/h1,4-11H,12H2,2H3. The van der Waals surface area contributed by atoms with Crippen molar-refractivity contribution in [2.24, 2.45) is 0 Å². The highest BCUT2D eigenvalue weighted by molar-refractivity contribution is 7.99. The van der Waals surface area contributed by atoms with E-state index >= 15 is 0 Å². The maximum Gasteiger partial charge on any atom is 0.197 e. The minimum Gasteiger partial charge on any atom is -0.270 e. The molecule has 0 radical (unpaired) electrons. The van der Waals surface area contributed by atoms with E-state index < -0.39 is 0 Å². The molecule has 1 aromatic heterocycles. The molecule has 0 aliphatic rings. The number of thioether (sulfide) groups is 1. The van der Waals surface area contributed by atoms with Crippen LogP contribution in [-0.2, 0) is 0 Å². The van der Waals surface area contributed by atoms with Gasteiger partial charge in [-0.05, 0) is 43.3 Å². The number of halogens is 1. The Bertz CT molecular complexity index is 845. The average molecular weight is 323 g/mol. The van der Waals surface area contributed by atoms with Crippen LogP contribution in [0.5, 0.6) is 0 Å². The smallest absolute Gasteiger partial charge is 0.197 e. The van der Waals surface area contributed by atoms with E-state index in [9.17, 15) is 4.39 Å². The molecule has 1 heterocycles. The predicted molar refractivity (Wildman–Crippen MR) is 91.0 cm³/mol. The molecule has 3 rings (SSSR count). The number of hydrogen-bond donors (Lipinski definition) is 0. The van der Waals surface area contributed by atoms with E-state index in [0.717, 1.165) is 11.3 Å². The first kappa shape index (κ1) is 15.3. The molecule has 23 heavy (non-hydrogen) atoms. The third-order valence-corrected chi connectivity index (χ3v) is 4.15. The monoisotopic (exact) mass is 323 g/mol. The zero-order valence-electron chi connectivity index (χ0n) is 12.5. The van der Waals surface area contributed by atoms with E-state index in [2.05, 4.69) is 16.1 Å². The third-order valence-electron chi connectivity index (χ3n) is 3.31. The number of aryl methyl sites for hydroxylation is 1. The summed E-state index contributed by atoms with van der Waals surface area (Å²) in [6, 6.07) is 14.3. The van der Waals surface area contributed by atoms with Crippen LogP contribution in [0.1, 0.15) is 5.56 Å². The van der Waals surface area contributed by atoms with E-state index in [1.165, 1.54) is 29.5 Å². The molecule has 3 aromatic rings. The van der Waals surface area contributed by atoms with Crippen molar-refractivity contribution in [3.05, 3.63) is 59.9 Å². The lowest BCUT2D eigenvalue weighted by atomic mass is 10.2. The van der Waals surface area contributed by atoms with E-state index in [4.69, 9.17) is 6.42 Å². The number of nitrogens with zero attached hydrogens (tertiary/aromatic N) is 3. The van der Waals surface area contributed by atoms with Gasteiger partial charge >= 0.3 is 0 Å². The molecule has 114 valence electrons. The zero-order valence-corrected chi connectivity index (χ0v) is 13.3. The molecule has 0 saturated heterocycles. The minimum atomic E-state index is -0.280.